The van der Waals surface area contributed by atoms with Crippen LogP contribution in [0, 0.1) is 5.92 Å². The zero-order valence-electron chi connectivity index (χ0n) is 17.8. The maximum atomic E-state index is 12.8. The molecule has 158 valence electrons. The summed E-state index contributed by atoms with van der Waals surface area (Å²) < 4.78 is 0. The van der Waals surface area contributed by atoms with Gasteiger partial charge in [0.2, 0.25) is 0 Å². The number of ketones is 1. The van der Waals surface area contributed by atoms with Gasteiger partial charge in [0.05, 0.1) is 18.4 Å². The molecule has 31 heavy (non-hydrogen) atoms. The predicted octanol–water partition coefficient (Wildman–Crippen LogP) is 4.91. The van der Waals surface area contributed by atoms with Crippen LogP contribution in [0.15, 0.2) is 61.1 Å². The van der Waals surface area contributed by atoms with Gasteiger partial charge in [0.25, 0.3) is 5.91 Å². The summed E-state index contributed by atoms with van der Waals surface area (Å²) in [5, 5.41) is 5.93. The molecule has 1 aliphatic carbocycles. The van der Waals surface area contributed by atoms with Crippen molar-refractivity contribution in [3.8, 4) is 11.1 Å². The van der Waals surface area contributed by atoms with Gasteiger partial charge in [0.15, 0.2) is 5.78 Å². The maximum Gasteiger partial charge on any atom is 0.255 e. The minimum atomic E-state index is -0.255. The van der Waals surface area contributed by atoms with E-state index in [0.29, 0.717) is 23.0 Å². The summed E-state index contributed by atoms with van der Waals surface area (Å²) in [7, 11) is 0. The number of nitrogens with one attached hydrogen (secondary N) is 2. The molecule has 6 heteroatoms. The summed E-state index contributed by atoms with van der Waals surface area (Å²) in [6, 6.07) is 13.5. The quantitative estimate of drug-likeness (QED) is 0.547. The van der Waals surface area contributed by atoms with Crippen molar-refractivity contribution in [2.75, 3.05) is 17.2 Å². The molecular formula is C25H26N4O2. The molecule has 2 aromatic heterocycles. The molecule has 2 heterocycles. The summed E-state index contributed by atoms with van der Waals surface area (Å²) in [6.45, 7) is 4.56. The number of nitrogens with zero attached hydrogens (tertiary/aromatic N) is 2. The number of carbonyl (C=O) groups is 2. The molecule has 1 aliphatic rings. The minimum absolute atomic E-state index is 0.194. The molecule has 0 saturated heterocycles. The number of benzene rings is 1. The Hall–Kier alpha value is -3.54. The Kier molecular flexibility index (Phi) is 6.07. The standard InChI is InChI=1S/C25H26N4O2/c1-16(2)21-5-3-4-6-22(21)19-11-20(14-26-13-19)29-25(31)18-9-10-27-24(12-18)28-15-23(30)17-7-8-17/h3-6,9-14,16-17H,7-8,15H2,1-2H3,(H,27,28)(H,29,31). The fourth-order valence-corrected chi connectivity index (χ4v) is 3.52. The number of hydrogen-bond donors (Lipinski definition) is 2. The Balaban J connectivity index is 1.47. The predicted molar refractivity (Wildman–Crippen MR) is 122 cm³/mol. The first-order valence-corrected chi connectivity index (χ1v) is 10.6. The van der Waals surface area contributed by atoms with Crippen LogP contribution in [0.2, 0.25) is 0 Å². The molecule has 1 aromatic carbocycles. The lowest BCUT2D eigenvalue weighted by molar-refractivity contribution is -0.118. The van der Waals surface area contributed by atoms with E-state index in [1.54, 1.807) is 24.5 Å². The molecule has 1 amide bonds. The normalized spacial score (nSPS) is 13.1. The highest BCUT2D eigenvalue weighted by Gasteiger charge is 2.28. The van der Waals surface area contributed by atoms with Gasteiger partial charge in [-0.1, -0.05) is 38.1 Å². The van der Waals surface area contributed by atoms with Gasteiger partial charge >= 0.3 is 0 Å². The van der Waals surface area contributed by atoms with Crippen LogP contribution < -0.4 is 10.6 Å². The van der Waals surface area contributed by atoms with Gasteiger partial charge in [-0.15, -0.1) is 0 Å². The number of anilines is 2. The van der Waals surface area contributed by atoms with E-state index < -0.39 is 0 Å². The van der Waals surface area contributed by atoms with Crippen molar-refractivity contribution in [3.63, 3.8) is 0 Å². The number of pyridine rings is 2. The van der Waals surface area contributed by atoms with Crippen molar-refractivity contribution < 1.29 is 9.59 Å². The van der Waals surface area contributed by atoms with E-state index >= 15 is 0 Å². The van der Waals surface area contributed by atoms with Gasteiger partial charge in [0, 0.05) is 29.4 Å². The van der Waals surface area contributed by atoms with Crippen molar-refractivity contribution in [1.29, 1.82) is 0 Å². The minimum Gasteiger partial charge on any atom is -0.363 e. The average molecular weight is 415 g/mol. The van der Waals surface area contributed by atoms with Crippen molar-refractivity contribution in [3.05, 3.63) is 72.2 Å². The van der Waals surface area contributed by atoms with Crippen LogP contribution in [0.1, 0.15) is 48.5 Å². The second-order valence-electron chi connectivity index (χ2n) is 8.18. The van der Waals surface area contributed by atoms with Crippen LogP contribution >= 0.6 is 0 Å². The Morgan fingerprint density at radius 1 is 1.10 bits per heavy atom. The Bertz CT molecular complexity index is 1110. The van der Waals surface area contributed by atoms with Gasteiger partial charge < -0.3 is 10.6 Å². The number of amides is 1. The lowest BCUT2D eigenvalue weighted by atomic mass is 9.93. The molecule has 1 saturated carbocycles. The van der Waals surface area contributed by atoms with Crippen LogP contribution in [0.3, 0.4) is 0 Å². The van der Waals surface area contributed by atoms with Crippen LogP contribution in [0.5, 0.6) is 0 Å². The third kappa shape index (κ3) is 5.15. The SMILES string of the molecule is CC(C)c1ccccc1-c1cncc(NC(=O)c2ccnc(NCC(=O)C3CC3)c2)c1. The molecule has 6 nitrogen and oxygen atoms in total. The van der Waals surface area contributed by atoms with E-state index in [2.05, 4.69) is 46.6 Å². The molecule has 1 fully saturated rings. The molecule has 0 spiro atoms. The van der Waals surface area contributed by atoms with Crippen LogP contribution in [0.25, 0.3) is 11.1 Å². The topological polar surface area (TPSA) is 84.0 Å². The van der Waals surface area contributed by atoms with Crippen molar-refractivity contribution in [2.24, 2.45) is 5.92 Å². The highest BCUT2D eigenvalue weighted by Crippen LogP contribution is 2.30. The number of hydrogen-bond acceptors (Lipinski definition) is 5. The molecule has 0 unspecified atom stereocenters. The molecule has 0 bridgehead atoms. The van der Waals surface area contributed by atoms with Gasteiger partial charge in [-0.3, -0.25) is 14.6 Å². The molecule has 0 radical (unpaired) electrons. The molecule has 2 N–H and O–H groups in total. The highest BCUT2D eigenvalue weighted by atomic mass is 16.1. The van der Waals surface area contributed by atoms with Crippen LogP contribution in [0.4, 0.5) is 11.5 Å². The summed E-state index contributed by atoms with van der Waals surface area (Å²) in [5.74, 6) is 1.03. The lowest BCUT2D eigenvalue weighted by Crippen LogP contribution is -2.17. The monoisotopic (exact) mass is 414 g/mol. The zero-order valence-corrected chi connectivity index (χ0v) is 17.8. The van der Waals surface area contributed by atoms with E-state index in [1.165, 1.54) is 5.56 Å². The van der Waals surface area contributed by atoms with Gasteiger partial charge in [-0.25, -0.2) is 4.98 Å². The van der Waals surface area contributed by atoms with E-state index in [1.807, 2.05) is 24.4 Å². The van der Waals surface area contributed by atoms with E-state index in [0.717, 1.165) is 24.0 Å². The van der Waals surface area contributed by atoms with E-state index in [4.69, 9.17) is 0 Å². The zero-order chi connectivity index (χ0) is 21.8. The van der Waals surface area contributed by atoms with Crippen LogP contribution in [-0.4, -0.2) is 28.2 Å². The highest BCUT2D eigenvalue weighted by molar-refractivity contribution is 6.04. The molecular weight excluding hydrogens is 388 g/mol. The van der Waals surface area contributed by atoms with Crippen molar-refractivity contribution in [1.82, 2.24) is 9.97 Å². The summed E-state index contributed by atoms with van der Waals surface area (Å²) >= 11 is 0. The molecule has 0 atom stereocenters. The fourth-order valence-electron chi connectivity index (χ4n) is 3.52. The first-order chi connectivity index (χ1) is 15.0. The van der Waals surface area contributed by atoms with Gasteiger partial charge in [0.1, 0.15) is 5.82 Å². The first-order valence-electron chi connectivity index (χ1n) is 10.6. The summed E-state index contributed by atoms with van der Waals surface area (Å²) in [4.78, 5) is 33.2. The third-order valence-corrected chi connectivity index (χ3v) is 5.39. The van der Waals surface area contributed by atoms with Gasteiger partial charge in [-0.05, 0) is 48.1 Å². The number of Topliss-reactive ketones (excluding diaryl/α,β-unsaturated/α-hetero) is 1. The van der Waals surface area contributed by atoms with Crippen molar-refractivity contribution in [2.45, 2.75) is 32.6 Å². The number of aromatic nitrogens is 2. The third-order valence-electron chi connectivity index (χ3n) is 5.39. The summed E-state index contributed by atoms with van der Waals surface area (Å²) in [5.41, 5.74) is 4.38. The fraction of sp³-hybridized carbons (Fsp3) is 0.280. The lowest BCUT2D eigenvalue weighted by Gasteiger charge is -2.13. The molecule has 4 rings (SSSR count). The first kappa shape index (κ1) is 20.7. The Morgan fingerprint density at radius 2 is 1.90 bits per heavy atom. The smallest absolute Gasteiger partial charge is 0.255 e. The summed E-state index contributed by atoms with van der Waals surface area (Å²) in [6.07, 6.45) is 6.96. The number of rotatable bonds is 8. The van der Waals surface area contributed by atoms with Crippen LogP contribution in [-0.2, 0) is 4.79 Å². The second-order valence-corrected chi connectivity index (χ2v) is 8.18. The Morgan fingerprint density at radius 3 is 2.68 bits per heavy atom. The number of carbonyl (C=O) groups excluding carboxylic acids is 2. The molecule has 0 aliphatic heterocycles. The molecule has 3 aromatic rings. The average Bonchev–Trinajstić information content (AvgIpc) is 3.63. The maximum absolute atomic E-state index is 12.8. The second kappa shape index (κ2) is 9.08. The van der Waals surface area contributed by atoms with Crippen molar-refractivity contribution >= 4 is 23.2 Å². The van der Waals surface area contributed by atoms with E-state index in [-0.39, 0.29) is 24.2 Å². The van der Waals surface area contributed by atoms with E-state index in [9.17, 15) is 9.59 Å². The van der Waals surface area contributed by atoms with Gasteiger partial charge in [-0.2, -0.15) is 0 Å². The largest absolute Gasteiger partial charge is 0.363 e. The Labute approximate surface area is 182 Å².